The Hall–Kier alpha value is -0.266. The molecule has 11 heavy (non-hydrogen) atoms. The van der Waals surface area contributed by atoms with E-state index < -0.39 is 0 Å². The second-order valence-corrected chi connectivity index (χ2v) is 2.08. The number of hydrogen-bond acceptors (Lipinski definition) is 1. The van der Waals surface area contributed by atoms with Gasteiger partial charge in [-0.3, -0.25) is 0 Å². The monoisotopic (exact) mass is 221 g/mol. The summed E-state index contributed by atoms with van der Waals surface area (Å²) in [5, 5.41) is 0. The van der Waals surface area contributed by atoms with Crippen molar-refractivity contribution in [2.24, 2.45) is 0 Å². The first-order valence-corrected chi connectivity index (χ1v) is 2.99. The number of carbonyl (C=O) groups is 1. The summed E-state index contributed by atoms with van der Waals surface area (Å²) in [6.07, 6.45) is 0. The van der Waals surface area contributed by atoms with Crippen molar-refractivity contribution in [3.8, 4) is 0 Å². The summed E-state index contributed by atoms with van der Waals surface area (Å²) in [6, 6.07) is 7.15. The molecular formula is C9H8OY-2. The normalized spacial score (nSPS) is 8.36. The third kappa shape index (κ3) is 2.68. The first kappa shape index (κ1) is 10.7. The van der Waals surface area contributed by atoms with Gasteiger partial charge in [0.15, 0.2) is 0 Å². The SMILES string of the molecule is [CH2-]C(=O)c1ccccc1[CH2-].[Y]. The van der Waals surface area contributed by atoms with Crippen LogP contribution in [0.15, 0.2) is 24.3 Å². The molecule has 0 saturated heterocycles. The average Bonchev–Trinajstić information content (AvgIpc) is 1.88. The summed E-state index contributed by atoms with van der Waals surface area (Å²) in [6.45, 7) is 6.97. The van der Waals surface area contributed by atoms with Crippen LogP contribution in [0.1, 0.15) is 15.9 Å². The predicted molar refractivity (Wildman–Crippen MR) is 40.6 cm³/mol. The Labute approximate surface area is 92.1 Å². The van der Waals surface area contributed by atoms with Crippen LogP contribution in [-0.4, -0.2) is 5.78 Å². The standard InChI is InChI=1S/C9H8O.Y/c1-7-5-3-4-6-9(7)8(2)10;/h3-6H,1-2H2;/q-2;. The molecule has 0 aliphatic carbocycles. The Balaban J connectivity index is 0.000001000. The molecule has 1 radical (unpaired) electrons. The Kier molecular flexibility index (Phi) is 4.47. The summed E-state index contributed by atoms with van der Waals surface area (Å²) >= 11 is 0. The van der Waals surface area contributed by atoms with Crippen LogP contribution in [0.2, 0.25) is 0 Å². The van der Waals surface area contributed by atoms with E-state index in [4.69, 9.17) is 0 Å². The van der Waals surface area contributed by atoms with E-state index in [9.17, 15) is 4.79 Å². The number of Topliss-reactive ketones (excluding diaryl/α,β-unsaturated/α-hetero) is 1. The topological polar surface area (TPSA) is 17.1 Å². The Bertz CT molecular complexity index is 255. The minimum Gasteiger partial charge on any atom is -0.325 e. The van der Waals surface area contributed by atoms with E-state index in [-0.39, 0.29) is 38.5 Å². The van der Waals surface area contributed by atoms with Crippen molar-refractivity contribution in [2.45, 2.75) is 0 Å². The predicted octanol–water partition coefficient (Wildman–Crippen LogP) is 1.88. The van der Waals surface area contributed by atoms with E-state index in [0.29, 0.717) is 5.56 Å². The molecule has 0 spiro atoms. The van der Waals surface area contributed by atoms with Gasteiger partial charge in [0.25, 0.3) is 0 Å². The van der Waals surface area contributed by atoms with Crippen molar-refractivity contribution >= 4 is 5.78 Å². The summed E-state index contributed by atoms with van der Waals surface area (Å²) < 4.78 is 0. The molecule has 1 nitrogen and oxygen atoms in total. The number of benzene rings is 1. The molecule has 1 aromatic rings. The molecule has 0 N–H and O–H groups in total. The molecule has 0 amide bonds. The molecule has 0 bridgehead atoms. The fourth-order valence-electron chi connectivity index (χ4n) is 0.792. The zero-order chi connectivity index (χ0) is 7.56. The van der Waals surface area contributed by atoms with Gasteiger partial charge in [0.2, 0.25) is 0 Å². The Morgan fingerprint density at radius 1 is 1.27 bits per heavy atom. The van der Waals surface area contributed by atoms with Crippen LogP contribution in [0.25, 0.3) is 0 Å². The minimum absolute atomic E-state index is 0. The van der Waals surface area contributed by atoms with E-state index in [0.717, 1.165) is 5.56 Å². The van der Waals surface area contributed by atoms with Crippen molar-refractivity contribution in [2.75, 3.05) is 0 Å². The van der Waals surface area contributed by atoms with Gasteiger partial charge in [-0.05, 0) is 0 Å². The van der Waals surface area contributed by atoms with E-state index in [1.165, 1.54) is 0 Å². The molecule has 0 aromatic heterocycles. The van der Waals surface area contributed by atoms with Gasteiger partial charge >= 0.3 is 0 Å². The Morgan fingerprint density at radius 3 is 2.18 bits per heavy atom. The molecule has 0 heterocycles. The van der Waals surface area contributed by atoms with Crippen molar-refractivity contribution < 1.29 is 37.5 Å². The third-order valence-electron chi connectivity index (χ3n) is 1.32. The molecule has 0 unspecified atom stereocenters. The number of rotatable bonds is 1. The van der Waals surface area contributed by atoms with Crippen LogP contribution in [0.5, 0.6) is 0 Å². The van der Waals surface area contributed by atoms with Crippen LogP contribution < -0.4 is 0 Å². The number of carbonyl (C=O) groups excluding carboxylic acids is 1. The molecule has 55 valence electrons. The van der Waals surface area contributed by atoms with Gasteiger partial charge in [0.1, 0.15) is 0 Å². The van der Waals surface area contributed by atoms with Crippen molar-refractivity contribution in [1.29, 1.82) is 0 Å². The third-order valence-corrected chi connectivity index (χ3v) is 1.32. The summed E-state index contributed by atoms with van der Waals surface area (Å²) in [5.41, 5.74) is 1.34. The van der Waals surface area contributed by atoms with Gasteiger partial charge in [-0.25, -0.2) is 0 Å². The van der Waals surface area contributed by atoms with Gasteiger partial charge in [-0.15, -0.1) is 12.1 Å². The fraction of sp³-hybridized carbons (Fsp3) is 0. The number of ketones is 1. The van der Waals surface area contributed by atoms with E-state index >= 15 is 0 Å². The molecule has 1 aromatic carbocycles. The molecular weight excluding hydrogens is 213 g/mol. The molecule has 1 rings (SSSR count). The van der Waals surface area contributed by atoms with Gasteiger partial charge in [0, 0.05) is 38.5 Å². The molecule has 0 fully saturated rings. The smallest absolute Gasteiger partial charge is 0.0464 e. The van der Waals surface area contributed by atoms with Crippen molar-refractivity contribution in [3.63, 3.8) is 0 Å². The quantitative estimate of drug-likeness (QED) is 0.522. The van der Waals surface area contributed by atoms with Gasteiger partial charge in [0.05, 0.1) is 0 Å². The molecule has 0 aliphatic heterocycles. The van der Waals surface area contributed by atoms with Gasteiger partial charge in [-0.1, -0.05) is 11.6 Å². The first-order chi connectivity index (χ1) is 4.72. The molecule has 0 saturated carbocycles. The fourth-order valence-corrected chi connectivity index (χ4v) is 0.792. The zero-order valence-corrected chi connectivity index (χ0v) is 9.05. The largest absolute Gasteiger partial charge is 0.325 e. The van der Waals surface area contributed by atoms with Crippen LogP contribution >= 0.6 is 0 Å². The molecule has 0 atom stereocenters. The maximum Gasteiger partial charge on any atom is 0.0464 e. The van der Waals surface area contributed by atoms with Crippen LogP contribution in [0.3, 0.4) is 0 Å². The maximum atomic E-state index is 10.7. The zero-order valence-electron chi connectivity index (χ0n) is 6.21. The van der Waals surface area contributed by atoms with Gasteiger partial charge in [-0.2, -0.15) is 25.5 Å². The van der Waals surface area contributed by atoms with Crippen molar-refractivity contribution in [3.05, 3.63) is 49.2 Å². The summed E-state index contributed by atoms with van der Waals surface area (Å²) in [7, 11) is 0. The second kappa shape index (κ2) is 4.58. The number of hydrogen-bond donors (Lipinski definition) is 0. The van der Waals surface area contributed by atoms with Crippen LogP contribution in [0, 0.1) is 13.8 Å². The molecule has 0 aliphatic rings. The Morgan fingerprint density at radius 2 is 1.82 bits per heavy atom. The summed E-state index contributed by atoms with van der Waals surface area (Å²) in [4.78, 5) is 10.7. The van der Waals surface area contributed by atoms with E-state index in [2.05, 4.69) is 13.8 Å². The van der Waals surface area contributed by atoms with E-state index in [1.54, 1.807) is 18.2 Å². The van der Waals surface area contributed by atoms with E-state index in [1.807, 2.05) is 6.07 Å². The van der Waals surface area contributed by atoms with Gasteiger partial charge < -0.3 is 4.79 Å². The summed E-state index contributed by atoms with van der Waals surface area (Å²) in [5.74, 6) is -0.175. The second-order valence-electron chi connectivity index (χ2n) is 2.08. The van der Waals surface area contributed by atoms with Crippen LogP contribution in [0.4, 0.5) is 0 Å². The maximum absolute atomic E-state index is 10.7. The van der Waals surface area contributed by atoms with Crippen molar-refractivity contribution in [1.82, 2.24) is 0 Å². The molecule has 2 heteroatoms. The average molecular weight is 221 g/mol. The first-order valence-electron chi connectivity index (χ1n) is 2.99. The minimum atomic E-state index is -0.175. The van der Waals surface area contributed by atoms with Crippen LogP contribution in [-0.2, 0) is 32.7 Å².